The van der Waals surface area contributed by atoms with Crippen LogP contribution in [0.2, 0.25) is 0 Å². The molecule has 0 aromatic carbocycles. The van der Waals surface area contributed by atoms with Gasteiger partial charge >= 0.3 is 0 Å². The van der Waals surface area contributed by atoms with Crippen molar-refractivity contribution < 1.29 is 14.6 Å². The van der Waals surface area contributed by atoms with Crippen LogP contribution >= 0.6 is 0 Å². The average molecular weight is 246 g/mol. The first-order valence-corrected chi connectivity index (χ1v) is 5.79. The van der Waals surface area contributed by atoms with Crippen LogP contribution in [-0.2, 0) is 9.53 Å². The van der Waals surface area contributed by atoms with E-state index >= 15 is 0 Å². The summed E-state index contributed by atoms with van der Waals surface area (Å²) in [4.78, 5) is 15.9. The third-order valence-electron chi connectivity index (χ3n) is 2.52. The first-order valence-electron chi connectivity index (χ1n) is 5.79. The Morgan fingerprint density at radius 1 is 1.61 bits per heavy atom. The lowest BCUT2D eigenvalue weighted by Gasteiger charge is -2.09. The minimum absolute atomic E-state index is 0.174. The highest BCUT2D eigenvalue weighted by Crippen LogP contribution is 2.14. The van der Waals surface area contributed by atoms with E-state index in [-0.39, 0.29) is 18.6 Å². The molecule has 1 aromatic rings. The molecule has 2 rings (SSSR count). The number of ether oxygens (including phenoxy) is 1. The molecule has 5 nitrogen and oxygen atoms in total. The van der Waals surface area contributed by atoms with Gasteiger partial charge < -0.3 is 15.2 Å². The van der Waals surface area contributed by atoms with Crippen molar-refractivity contribution >= 4 is 11.7 Å². The SMILES string of the molecule is O=C(Nc1cccc(C#CCO)n1)C1CCCO1. The van der Waals surface area contributed by atoms with Crippen molar-refractivity contribution in [3.8, 4) is 11.8 Å². The quantitative estimate of drug-likeness (QED) is 0.747. The van der Waals surface area contributed by atoms with Crippen LogP contribution in [0.15, 0.2) is 18.2 Å². The zero-order chi connectivity index (χ0) is 12.8. The first kappa shape index (κ1) is 12.6. The van der Waals surface area contributed by atoms with E-state index in [4.69, 9.17) is 9.84 Å². The first-order chi connectivity index (χ1) is 8.79. The monoisotopic (exact) mass is 246 g/mol. The van der Waals surface area contributed by atoms with Crippen molar-refractivity contribution in [1.29, 1.82) is 0 Å². The lowest BCUT2D eigenvalue weighted by atomic mass is 10.2. The van der Waals surface area contributed by atoms with Crippen LogP contribution in [0.1, 0.15) is 18.5 Å². The fourth-order valence-electron chi connectivity index (χ4n) is 1.70. The molecule has 18 heavy (non-hydrogen) atoms. The maximum absolute atomic E-state index is 11.8. The Morgan fingerprint density at radius 3 is 3.22 bits per heavy atom. The molecule has 0 radical (unpaired) electrons. The summed E-state index contributed by atoms with van der Waals surface area (Å²) in [5.74, 6) is 5.46. The van der Waals surface area contributed by atoms with Gasteiger partial charge in [0.1, 0.15) is 24.2 Å². The molecule has 1 amide bonds. The van der Waals surface area contributed by atoms with Gasteiger partial charge in [-0.25, -0.2) is 4.98 Å². The van der Waals surface area contributed by atoms with Gasteiger partial charge in [0, 0.05) is 6.61 Å². The lowest BCUT2D eigenvalue weighted by molar-refractivity contribution is -0.124. The number of pyridine rings is 1. The third kappa shape index (κ3) is 3.29. The van der Waals surface area contributed by atoms with Crippen molar-refractivity contribution in [3.63, 3.8) is 0 Å². The second-order valence-corrected chi connectivity index (χ2v) is 3.86. The molecule has 0 aliphatic carbocycles. The van der Waals surface area contributed by atoms with E-state index in [0.717, 1.165) is 12.8 Å². The van der Waals surface area contributed by atoms with Crippen LogP contribution in [0.5, 0.6) is 0 Å². The molecule has 2 heterocycles. The second kappa shape index (κ2) is 6.15. The Balaban J connectivity index is 2.02. The molecule has 1 atom stereocenters. The van der Waals surface area contributed by atoms with Gasteiger partial charge in [-0.1, -0.05) is 12.0 Å². The number of aliphatic hydroxyl groups excluding tert-OH is 1. The largest absolute Gasteiger partial charge is 0.384 e. The van der Waals surface area contributed by atoms with E-state index in [1.54, 1.807) is 18.2 Å². The Kier molecular flexibility index (Phi) is 4.29. The predicted octanol–water partition coefficient (Wildman–Crippen LogP) is 0.543. The lowest BCUT2D eigenvalue weighted by Crippen LogP contribution is -2.27. The highest BCUT2D eigenvalue weighted by Gasteiger charge is 2.23. The number of carbonyl (C=O) groups is 1. The number of anilines is 1. The number of aliphatic hydroxyl groups is 1. The van der Waals surface area contributed by atoms with Crippen LogP contribution < -0.4 is 5.32 Å². The molecule has 0 saturated carbocycles. The zero-order valence-corrected chi connectivity index (χ0v) is 9.85. The van der Waals surface area contributed by atoms with Crippen molar-refractivity contribution in [2.24, 2.45) is 0 Å². The van der Waals surface area contributed by atoms with Crippen LogP contribution in [-0.4, -0.2) is 35.3 Å². The van der Waals surface area contributed by atoms with Gasteiger partial charge in [0.15, 0.2) is 0 Å². The molecule has 94 valence electrons. The molecule has 0 bridgehead atoms. The number of amides is 1. The Bertz CT molecular complexity index is 484. The number of hydrogen-bond acceptors (Lipinski definition) is 4. The maximum atomic E-state index is 11.8. The van der Waals surface area contributed by atoms with Gasteiger partial charge in [0.2, 0.25) is 0 Å². The maximum Gasteiger partial charge on any atom is 0.254 e. The minimum atomic E-state index is -0.376. The molecule has 1 aromatic heterocycles. The zero-order valence-electron chi connectivity index (χ0n) is 9.85. The van der Waals surface area contributed by atoms with Crippen LogP contribution in [0.25, 0.3) is 0 Å². The summed E-state index contributed by atoms with van der Waals surface area (Å²) in [7, 11) is 0. The van der Waals surface area contributed by atoms with Gasteiger partial charge in [0.05, 0.1) is 0 Å². The van der Waals surface area contributed by atoms with E-state index in [0.29, 0.717) is 18.1 Å². The molecule has 1 aliphatic heterocycles. The molecular formula is C13H14N2O3. The Labute approximate surface area is 105 Å². The van der Waals surface area contributed by atoms with E-state index < -0.39 is 0 Å². The smallest absolute Gasteiger partial charge is 0.254 e. The summed E-state index contributed by atoms with van der Waals surface area (Å²) in [6.07, 6.45) is 1.28. The van der Waals surface area contributed by atoms with Gasteiger partial charge in [-0.2, -0.15) is 0 Å². The molecule has 1 fully saturated rings. The summed E-state index contributed by atoms with van der Waals surface area (Å²) in [6.45, 7) is 0.418. The Morgan fingerprint density at radius 2 is 2.50 bits per heavy atom. The molecule has 1 unspecified atom stereocenters. The van der Waals surface area contributed by atoms with E-state index in [1.165, 1.54) is 0 Å². The molecule has 5 heteroatoms. The number of nitrogens with zero attached hydrogens (tertiary/aromatic N) is 1. The van der Waals surface area contributed by atoms with E-state index in [2.05, 4.69) is 22.1 Å². The Hall–Kier alpha value is -1.90. The van der Waals surface area contributed by atoms with E-state index in [1.807, 2.05) is 0 Å². The molecule has 1 saturated heterocycles. The third-order valence-corrected chi connectivity index (χ3v) is 2.52. The van der Waals surface area contributed by atoms with Crippen molar-refractivity contribution in [2.45, 2.75) is 18.9 Å². The number of aromatic nitrogens is 1. The van der Waals surface area contributed by atoms with Crippen LogP contribution in [0, 0.1) is 11.8 Å². The standard InChI is InChI=1S/C13H14N2O3/c16-8-2-5-10-4-1-7-12(14-10)15-13(17)11-6-3-9-18-11/h1,4,7,11,16H,3,6,8-9H2,(H,14,15,17). The van der Waals surface area contributed by atoms with Crippen molar-refractivity contribution in [3.05, 3.63) is 23.9 Å². The van der Waals surface area contributed by atoms with Gasteiger partial charge in [-0.3, -0.25) is 4.79 Å². The summed E-state index contributed by atoms with van der Waals surface area (Å²) in [6, 6.07) is 5.15. The van der Waals surface area contributed by atoms with Gasteiger partial charge in [-0.15, -0.1) is 0 Å². The minimum Gasteiger partial charge on any atom is -0.384 e. The summed E-state index contributed by atoms with van der Waals surface area (Å²) >= 11 is 0. The number of hydrogen-bond donors (Lipinski definition) is 2. The average Bonchev–Trinajstić information content (AvgIpc) is 2.91. The van der Waals surface area contributed by atoms with Gasteiger partial charge in [-0.05, 0) is 30.9 Å². The number of rotatable bonds is 2. The second-order valence-electron chi connectivity index (χ2n) is 3.86. The molecule has 1 aliphatic rings. The van der Waals surface area contributed by atoms with Crippen LogP contribution in [0.4, 0.5) is 5.82 Å². The van der Waals surface area contributed by atoms with Crippen LogP contribution in [0.3, 0.4) is 0 Å². The van der Waals surface area contributed by atoms with E-state index in [9.17, 15) is 4.79 Å². The molecule has 2 N–H and O–H groups in total. The highest BCUT2D eigenvalue weighted by molar-refractivity contribution is 5.93. The molecule has 0 spiro atoms. The number of nitrogens with one attached hydrogen (secondary N) is 1. The summed E-state index contributed by atoms with van der Waals surface area (Å²) in [5.41, 5.74) is 0.509. The molecular weight excluding hydrogens is 232 g/mol. The number of carbonyl (C=O) groups excluding carboxylic acids is 1. The van der Waals surface area contributed by atoms with Crippen molar-refractivity contribution in [2.75, 3.05) is 18.5 Å². The highest BCUT2D eigenvalue weighted by atomic mass is 16.5. The predicted molar refractivity (Wildman–Crippen MR) is 65.8 cm³/mol. The normalized spacial score (nSPS) is 17.9. The van der Waals surface area contributed by atoms with Gasteiger partial charge in [0.25, 0.3) is 5.91 Å². The van der Waals surface area contributed by atoms with Crippen molar-refractivity contribution in [1.82, 2.24) is 4.98 Å². The summed E-state index contributed by atoms with van der Waals surface area (Å²) in [5, 5.41) is 11.3. The topological polar surface area (TPSA) is 71.5 Å². The fraction of sp³-hybridized carbons (Fsp3) is 0.385. The summed E-state index contributed by atoms with van der Waals surface area (Å²) < 4.78 is 5.28. The fourth-order valence-corrected chi connectivity index (χ4v) is 1.70.